The fraction of sp³-hybridized carbons (Fsp3) is 0.229. The van der Waals surface area contributed by atoms with Crippen LogP contribution in [-0.4, -0.2) is 160 Å². The van der Waals surface area contributed by atoms with Gasteiger partial charge < -0.3 is 65.8 Å². The molecule has 110 heavy (non-hydrogen) atoms. The number of nitrogens with two attached hydrogens (primary N) is 3. The van der Waals surface area contributed by atoms with Crippen molar-refractivity contribution in [2.24, 2.45) is 7.05 Å². The SMILES string of the molecule is COc1cccc(OCC(=O)N2CCC(c3nc(-c4cc5ccccc5[nH]4)c4c(N)nccn34)CC2)c1.Cn1nc(C(=O)N2CCC(c3nc(-c4cc5ccccc5[nH]4)c4c(N)nccn34)CC2)c2ccccc21.Nc1nccn2c(C3CCN(C(=O)c4ccc5c(c4)OCO5)CC3)nc(-c3cc4ccccc4[nH]3)c12. The van der Waals surface area contributed by atoms with E-state index in [1.807, 2.05) is 131 Å². The molecule has 0 aliphatic carbocycles. The van der Waals surface area contributed by atoms with Gasteiger partial charge in [0.25, 0.3) is 17.7 Å². The lowest BCUT2D eigenvalue weighted by Gasteiger charge is -2.31. The van der Waals surface area contributed by atoms with Crippen molar-refractivity contribution in [3.63, 3.8) is 0 Å². The van der Waals surface area contributed by atoms with Crippen LogP contribution in [0, 0.1) is 0 Å². The molecule has 4 aliphatic heterocycles. The normalized spacial score (nSPS) is 14.9. The van der Waals surface area contributed by atoms with E-state index in [4.69, 9.17) is 51.1 Å². The fourth-order valence-electron chi connectivity index (χ4n) is 16.0. The van der Waals surface area contributed by atoms with Gasteiger partial charge in [-0.1, -0.05) is 78.9 Å². The molecule has 0 unspecified atom stereocenters. The summed E-state index contributed by atoms with van der Waals surface area (Å²) in [6.45, 7) is 4.06. The maximum atomic E-state index is 13.4. The van der Waals surface area contributed by atoms with Crippen LogP contribution in [-0.2, 0) is 11.8 Å². The number of anilines is 3. The molecule has 4 aliphatic rings. The van der Waals surface area contributed by atoms with Crippen LogP contribution in [0.2, 0.25) is 0 Å². The molecule has 20 rings (SSSR count). The van der Waals surface area contributed by atoms with Crippen molar-refractivity contribution < 1.29 is 33.3 Å². The highest BCUT2D eigenvalue weighted by molar-refractivity contribution is 6.05. The lowest BCUT2D eigenvalue weighted by Crippen LogP contribution is -2.40. The first-order valence-corrected chi connectivity index (χ1v) is 36.9. The number of methoxy groups -OCH3 is 1. The zero-order valence-corrected chi connectivity index (χ0v) is 60.5. The maximum Gasteiger partial charge on any atom is 0.275 e. The second-order valence-corrected chi connectivity index (χ2v) is 28.2. The number of amides is 3. The van der Waals surface area contributed by atoms with Gasteiger partial charge in [0.1, 0.15) is 80.1 Å². The molecule has 27 nitrogen and oxygen atoms in total. The van der Waals surface area contributed by atoms with Gasteiger partial charge in [0.05, 0.1) is 29.7 Å². The second kappa shape index (κ2) is 28.5. The minimum Gasteiger partial charge on any atom is -0.497 e. The Morgan fingerprint density at radius 3 is 1.40 bits per heavy atom. The number of imidazole rings is 3. The summed E-state index contributed by atoms with van der Waals surface area (Å²) in [4.78, 5) is 83.7. The Labute approximate surface area is 629 Å². The number of ether oxygens (including phenoxy) is 4. The molecule has 16 aromatic rings. The van der Waals surface area contributed by atoms with Crippen LogP contribution in [0.3, 0.4) is 0 Å². The lowest BCUT2D eigenvalue weighted by atomic mass is 9.95. The van der Waals surface area contributed by atoms with Gasteiger partial charge >= 0.3 is 0 Å². The fourth-order valence-corrected chi connectivity index (χ4v) is 16.0. The molecule has 0 atom stereocenters. The number of aromatic amines is 3. The van der Waals surface area contributed by atoms with E-state index in [9.17, 15) is 14.4 Å². The predicted octanol–water partition coefficient (Wildman–Crippen LogP) is 12.8. The van der Waals surface area contributed by atoms with Crippen molar-refractivity contribution in [2.45, 2.75) is 56.3 Å². The van der Waals surface area contributed by atoms with Crippen LogP contribution in [0.15, 0.2) is 195 Å². The van der Waals surface area contributed by atoms with Crippen molar-refractivity contribution in [3.05, 3.63) is 224 Å². The second-order valence-electron chi connectivity index (χ2n) is 28.2. The molecule has 9 N–H and O–H groups in total. The van der Waals surface area contributed by atoms with Gasteiger partial charge in [-0.3, -0.25) is 32.3 Å². The third-order valence-electron chi connectivity index (χ3n) is 21.7. The van der Waals surface area contributed by atoms with E-state index < -0.39 is 0 Å². The number of likely N-dealkylation sites (tertiary alicyclic amines) is 3. The summed E-state index contributed by atoms with van der Waals surface area (Å²) in [7, 11) is 3.48. The lowest BCUT2D eigenvalue weighted by molar-refractivity contribution is -0.134. The quantitative estimate of drug-likeness (QED) is 0.0662. The summed E-state index contributed by atoms with van der Waals surface area (Å²) in [5, 5.41) is 8.78. The van der Waals surface area contributed by atoms with Crippen LogP contribution in [0.1, 0.15) is 94.6 Å². The molecular formula is C83H78N20O7. The van der Waals surface area contributed by atoms with Gasteiger partial charge in [0.2, 0.25) is 6.79 Å². The Morgan fingerprint density at radius 2 is 0.918 bits per heavy atom. The predicted molar refractivity (Wildman–Crippen MR) is 420 cm³/mol. The highest BCUT2D eigenvalue weighted by Crippen LogP contribution is 2.41. The Kier molecular flexibility index (Phi) is 17.7. The molecule has 14 heterocycles. The van der Waals surface area contributed by atoms with E-state index in [0.717, 1.165) is 150 Å². The molecule has 10 aromatic heterocycles. The minimum absolute atomic E-state index is 0.00310. The van der Waals surface area contributed by atoms with Crippen LogP contribution in [0.25, 0.3) is 94.3 Å². The minimum atomic E-state index is -0.0264. The number of hydrogen-bond donors (Lipinski definition) is 6. The van der Waals surface area contributed by atoms with Gasteiger partial charge in [-0.05, 0) is 111 Å². The molecule has 0 spiro atoms. The molecule has 0 saturated carbocycles. The first-order chi connectivity index (χ1) is 53.8. The largest absolute Gasteiger partial charge is 0.497 e. The highest BCUT2D eigenvalue weighted by atomic mass is 16.7. The number of piperidine rings is 3. The first-order valence-electron chi connectivity index (χ1n) is 36.9. The molecular weight excluding hydrogens is 1390 g/mol. The molecule has 552 valence electrons. The van der Waals surface area contributed by atoms with E-state index in [0.29, 0.717) is 91.0 Å². The molecule has 0 radical (unpaired) electrons. The van der Waals surface area contributed by atoms with Gasteiger partial charge in [-0.2, -0.15) is 5.10 Å². The van der Waals surface area contributed by atoms with Gasteiger partial charge in [0, 0.05) is 151 Å². The van der Waals surface area contributed by atoms with Crippen molar-refractivity contribution in [1.29, 1.82) is 0 Å². The number of hydrogen-bond acceptors (Lipinski definition) is 17. The molecule has 3 saturated heterocycles. The number of carbonyl (C=O) groups is 3. The number of fused-ring (bicyclic) bond motifs is 8. The van der Waals surface area contributed by atoms with Crippen LogP contribution >= 0.6 is 0 Å². The van der Waals surface area contributed by atoms with Gasteiger partial charge in [0.15, 0.2) is 23.8 Å². The van der Waals surface area contributed by atoms with E-state index >= 15 is 0 Å². The number of para-hydroxylation sites is 4. The standard InChI is InChI=1S/C28H26N8O.C28H28N6O3.C27H24N6O3/c1-34-22-9-5-3-7-19(22)23(33-34)28(37)35-13-10-17(11-14-35)27-32-24(25-26(29)30-12-15-36(25)27)21-16-18-6-2-4-8-20(18)31-21;1-36-20-6-4-7-21(16-20)37-17-24(35)33-12-9-18(10-13-33)28-32-25(26-27(29)30-11-14-34(26)28)23-15-19-5-2-3-8-22(19)31-23;28-25-24-23(20-13-17-3-1-2-4-19(17)30-20)31-26(33(24)12-9-29-25)16-7-10-32(11-8-16)27(34)18-5-6-21-22(14-18)36-15-35-21/h2-9,12,15-17,31H,10-11,13-14H2,1H3,(H2,29,30);2-8,11,14-16,18,31H,9-10,12-13,17H2,1H3,(H2,29,30);1-6,9,12-14,16,30H,7-8,10-11,15H2,(H2,28,29). The molecule has 3 amide bonds. The molecule has 27 heteroatoms. The van der Waals surface area contributed by atoms with Crippen molar-refractivity contribution in [3.8, 4) is 57.2 Å². The summed E-state index contributed by atoms with van der Waals surface area (Å²) in [6, 6.07) is 51.2. The Bertz CT molecular complexity index is 6100. The Balaban J connectivity index is 0.000000116. The average molecular weight is 1470 g/mol. The number of benzene rings is 6. The number of nitrogens with one attached hydrogen (secondary N) is 3. The number of nitrogen functional groups attached to an aromatic ring is 3. The maximum absolute atomic E-state index is 13.4. The van der Waals surface area contributed by atoms with Gasteiger partial charge in [-0.25, -0.2) is 29.9 Å². The highest BCUT2D eigenvalue weighted by Gasteiger charge is 2.34. The average Bonchev–Trinajstić information content (AvgIpc) is 1.63. The van der Waals surface area contributed by atoms with Crippen LogP contribution in [0.4, 0.5) is 17.5 Å². The van der Waals surface area contributed by atoms with Gasteiger partial charge in [-0.15, -0.1) is 0 Å². The Morgan fingerprint density at radius 1 is 0.482 bits per heavy atom. The third-order valence-corrected chi connectivity index (χ3v) is 21.7. The molecule has 0 bridgehead atoms. The Hall–Kier alpha value is -13.7. The summed E-state index contributed by atoms with van der Waals surface area (Å²) in [6.07, 6.45) is 15.7. The number of aryl methyl sites for hydroxylation is 1. The topological polar surface area (TPSA) is 332 Å². The van der Waals surface area contributed by atoms with E-state index in [1.165, 1.54) is 0 Å². The number of H-pyrrole nitrogens is 3. The number of carbonyl (C=O) groups excluding carboxylic acids is 3. The summed E-state index contributed by atoms with van der Waals surface area (Å²) in [5.74, 6) is 7.32. The van der Waals surface area contributed by atoms with E-state index in [2.05, 4.69) is 90.7 Å². The van der Waals surface area contributed by atoms with Crippen molar-refractivity contribution in [1.82, 2.24) is 82.5 Å². The zero-order chi connectivity index (χ0) is 74.7. The molecule has 3 fully saturated rings. The third kappa shape index (κ3) is 12.7. The monoisotopic (exact) mass is 1470 g/mol. The van der Waals surface area contributed by atoms with E-state index in [1.54, 1.807) is 54.6 Å². The number of nitrogens with zero attached hydrogens (tertiary/aromatic N) is 14. The summed E-state index contributed by atoms with van der Waals surface area (Å²) < 4.78 is 29.7. The van der Waals surface area contributed by atoms with Crippen LogP contribution < -0.4 is 36.1 Å². The smallest absolute Gasteiger partial charge is 0.275 e. The van der Waals surface area contributed by atoms with E-state index in [-0.39, 0.29) is 48.9 Å². The van der Waals surface area contributed by atoms with Crippen molar-refractivity contribution in [2.75, 3.05) is 77.0 Å². The zero-order valence-electron chi connectivity index (χ0n) is 60.5. The summed E-state index contributed by atoms with van der Waals surface area (Å²) in [5.41, 5.74) is 31.8. The van der Waals surface area contributed by atoms with Crippen molar-refractivity contribution >= 4 is 95.3 Å². The molecule has 6 aromatic carbocycles. The number of rotatable bonds is 12. The van der Waals surface area contributed by atoms with Crippen LogP contribution in [0.5, 0.6) is 23.0 Å². The number of aromatic nitrogens is 14. The first kappa shape index (κ1) is 68.1. The summed E-state index contributed by atoms with van der Waals surface area (Å²) >= 11 is 0.